The molecule has 0 saturated carbocycles. The second kappa shape index (κ2) is 7.62. The molecule has 2 rings (SSSR count). The Kier molecular flexibility index (Phi) is 5.75. The van der Waals surface area contributed by atoms with E-state index in [0.717, 1.165) is 0 Å². The van der Waals surface area contributed by atoms with E-state index in [1.807, 2.05) is 6.92 Å². The first-order valence-corrected chi connectivity index (χ1v) is 8.99. The molecule has 2 aromatic rings. The minimum Gasteiger partial charge on any atom is -0.495 e. The van der Waals surface area contributed by atoms with Crippen LogP contribution < -0.4 is 9.46 Å². The lowest BCUT2D eigenvalue weighted by molar-refractivity contribution is 0.0769. The molecule has 0 aliphatic carbocycles. The normalized spacial score (nSPS) is 11.4. The Bertz CT molecular complexity index is 863. The van der Waals surface area contributed by atoms with E-state index in [1.165, 1.54) is 37.3 Å². The predicted molar refractivity (Wildman–Crippen MR) is 88.7 cm³/mol. The average Bonchev–Trinajstić information content (AvgIpc) is 3.07. The molecule has 136 valence electrons. The molecule has 1 amide bonds. The Morgan fingerprint density at radius 3 is 2.68 bits per heavy atom. The molecule has 1 heterocycles. The zero-order chi connectivity index (χ0) is 18.6. The summed E-state index contributed by atoms with van der Waals surface area (Å²) >= 11 is 0. The fourth-order valence-electron chi connectivity index (χ4n) is 2.12. The molecule has 0 unspecified atom stereocenters. The van der Waals surface area contributed by atoms with Gasteiger partial charge in [0.25, 0.3) is 5.91 Å². The number of carbonyl (C=O) groups excluding carboxylic acids is 1. The van der Waals surface area contributed by atoms with Crippen molar-refractivity contribution in [1.29, 1.82) is 0 Å². The van der Waals surface area contributed by atoms with Crippen LogP contribution in [0.25, 0.3) is 0 Å². The molecule has 0 fully saturated rings. The zero-order valence-corrected chi connectivity index (χ0v) is 15.3. The summed E-state index contributed by atoms with van der Waals surface area (Å²) in [6.07, 6.45) is 0.630. The molecule has 0 radical (unpaired) electrons. The number of nitrogens with one attached hydrogen (secondary N) is 1. The van der Waals surface area contributed by atoms with Crippen molar-refractivity contribution >= 4 is 15.9 Å². The first kappa shape index (κ1) is 18.9. The standard InChI is InChI=1S/C15H20N4O5S/c1-5-13-17-14(24-18-13)9-19(3)15(20)10-6-7-11(23-4)12(8-10)25(21,22)16-2/h6-8,16H,5,9H2,1-4H3. The second-order valence-corrected chi connectivity index (χ2v) is 7.05. The van der Waals surface area contributed by atoms with E-state index in [9.17, 15) is 13.2 Å². The molecular formula is C15H20N4O5S. The summed E-state index contributed by atoms with van der Waals surface area (Å²) in [4.78, 5) is 18.0. The number of hydrogen-bond acceptors (Lipinski definition) is 7. The molecule has 0 bridgehead atoms. The lowest BCUT2D eigenvalue weighted by Crippen LogP contribution is -2.27. The lowest BCUT2D eigenvalue weighted by Gasteiger charge is -2.16. The van der Waals surface area contributed by atoms with Crippen LogP contribution in [0, 0.1) is 0 Å². The van der Waals surface area contributed by atoms with Crippen LogP contribution in [-0.2, 0) is 23.0 Å². The van der Waals surface area contributed by atoms with Gasteiger partial charge in [-0.15, -0.1) is 0 Å². The van der Waals surface area contributed by atoms with Gasteiger partial charge in [0.15, 0.2) is 5.82 Å². The van der Waals surface area contributed by atoms with Gasteiger partial charge in [0.1, 0.15) is 10.6 Å². The van der Waals surface area contributed by atoms with Gasteiger partial charge in [-0.1, -0.05) is 12.1 Å². The highest BCUT2D eigenvalue weighted by Gasteiger charge is 2.22. The number of aromatic nitrogens is 2. The van der Waals surface area contributed by atoms with Gasteiger partial charge in [0.05, 0.1) is 13.7 Å². The van der Waals surface area contributed by atoms with Gasteiger partial charge < -0.3 is 14.2 Å². The zero-order valence-electron chi connectivity index (χ0n) is 14.4. The van der Waals surface area contributed by atoms with E-state index >= 15 is 0 Å². The van der Waals surface area contributed by atoms with Crippen molar-refractivity contribution in [2.45, 2.75) is 24.8 Å². The number of rotatable bonds is 7. The smallest absolute Gasteiger partial charge is 0.254 e. The van der Waals surface area contributed by atoms with Crippen LogP contribution in [-0.4, -0.2) is 50.6 Å². The van der Waals surface area contributed by atoms with Crippen LogP contribution in [0.15, 0.2) is 27.6 Å². The molecule has 1 aromatic heterocycles. The monoisotopic (exact) mass is 368 g/mol. The summed E-state index contributed by atoms with van der Waals surface area (Å²) < 4.78 is 36.5. The quantitative estimate of drug-likeness (QED) is 0.769. The summed E-state index contributed by atoms with van der Waals surface area (Å²) in [5.41, 5.74) is 0.201. The third-order valence-electron chi connectivity index (χ3n) is 3.51. The van der Waals surface area contributed by atoms with Crippen LogP contribution in [0.5, 0.6) is 5.75 Å². The van der Waals surface area contributed by atoms with Gasteiger partial charge in [-0.25, -0.2) is 13.1 Å². The molecule has 0 spiro atoms. The molecule has 0 aliphatic rings. The van der Waals surface area contributed by atoms with Crippen LogP contribution >= 0.6 is 0 Å². The number of methoxy groups -OCH3 is 1. The van der Waals surface area contributed by atoms with Crippen molar-refractivity contribution in [3.8, 4) is 5.75 Å². The maximum Gasteiger partial charge on any atom is 0.254 e. The fraction of sp³-hybridized carbons (Fsp3) is 0.400. The first-order valence-electron chi connectivity index (χ1n) is 7.50. The number of carbonyl (C=O) groups is 1. The number of nitrogens with zero attached hydrogens (tertiary/aromatic N) is 3. The Morgan fingerprint density at radius 1 is 1.40 bits per heavy atom. The van der Waals surface area contributed by atoms with Crippen molar-refractivity contribution in [2.75, 3.05) is 21.2 Å². The summed E-state index contributed by atoms with van der Waals surface area (Å²) in [7, 11) is 0.444. The molecule has 1 aromatic carbocycles. The van der Waals surface area contributed by atoms with Crippen molar-refractivity contribution < 1.29 is 22.5 Å². The minimum absolute atomic E-state index is 0.109. The van der Waals surface area contributed by atoms with Crippen LogP contribution in [0.4, 0.5) is 0 Å². The van der Waals surface area contributed by atoms with E-state index < -0.39 is 10.0 Å². The molecule has 0 atom stereocenters. The number of benzene rings is 1. The largest absolute Gasteiger partial charge is 0.495 e. The highest BCUT2D eigenvalue weighted by atomic mass is 32.2. The number of sulfonamides is 1. The summed E-state index contributed by atoms with van der Waals surface area (Å²) in [5.74, 6) is 0.636. The number of amides is 1. The second-order valence-electron chi connectivity index (χ2n) is 5.19. The fourth-order valence-corrected chi connectivity index (χ4v) is 3.04. The van der Waals surface area contributed by atoms with E-state index in [-0.39, 0.29) is 28.7 Å². The molecule has 1 N–H and O–H groups in total. The van der Waals surface area contributed by atoms with E-state index in [1.54, 1.807) is 7.05 Å². The Morgan fingerprint density at radius 2 is 2.12 bits per heavy atom. The number of aryl methyl sites for hydroxylation is 1. The minimum atomic E-state index is -3.77. The summed E-state index contributed by atoms with van der Waals surface area (Å²) in [6.45, 7) is 2.01. The van der Waals surface area contributed by atoms with Crippen LogP contribution in [0.1, 0.15) is 29.0 Å². The van der Waals surface area contributed by atoms with Gasteiger partial charge >= 0.3 is 0 Å². The molecule has 9 nitrogen and oxygen atoms in total. The van der Waals surface area contributed by atoms with Gasteiger partial charge in [-0.3, -0.25) is 4.79 Å². The molecule has 25 heavy (non-hydrogen) atoms. The lowest BCUT2D eigenvalue weighted by atomic mass is 10.2. The van der Waals surface area contributed by atoms with Crippen molar-refractivity contribution in [1.82, 2.24) is 19.8 Å². The SMILES string of the molecule is CCc1noc(CN(C)C(=O)c2ccc(OC)c(S(=O)(=O)NC)c2)n1. The maximum absolute atomic E-state index is 12.6. The number of hydrogen-bond donors (Lipinski definition) is 1. The van der Waals surface area contributed by atoms with Gasteiger partial charge in [0.2, 0.25) is 15.9 Å². The first-order chi connectivity index (χ1) is 11.8. The Hall–Kier alpha value is -2.46. The van der Waals surface area contributed by atoms with E-state index in [4.69, 9.17) is 9.26 Å². The average molecular weight is 368 g/mol. The summed E-state index contributed by atoms with van der Waals surface area (Å²) in [6, 6.07) is 4.21. The predicted octanol–water partition coefficient (Wildman–Crippen LogP) is 0.821. The Balaban J connectivity index is 2.27. The Labute approximate surface area is 146 Å². The molecule has 0 saturated heterocycles. The number of ether oxygens (including phenoxy) is 1. The topological polar surface area (TPSA) is 115 Å². The third kappa shape index (κ3) is 4.15. The van der Waals surface area contributed by atoms with E-state index in [0.29, 0.717) is 18.1 Å². The van der Waals surface area contributed by atoms with Gasteiger partial charge in [0, 0.05) is 19.0 Å². The van der Waals surface area contributed by atoms with Crippen molar-refractivity contribution in [3.63, 3.8) is 0 Å². The highest BCUT2D eigenvalue weighted by molar-refractivity contribution is 7.89. The van der Waals surface area contributed by atoms with Crippen molar-refractivity contribution in [3.05, 3.63) is 35.5 Å². The molecular weight excluding hydrogens is 348 g/mol. The third-order valence-corrected chi connectivity index (χ3v) is 4.95. The van der Waals surface area contributed by atoms with Gasteiger partial charge in [-0.2, -0.15) is 4.98 Å². The summed E-state index contributed by atoms with van der Waals surface area (Å²) in [5, 5.41) is 3.77. The van der Waals surface area contributed by atoms with Gasteiger partial charge in [-0.05, 0) is 25.2 Å². The highest BCUT2D eigenvalue weighted by Crippen LogP contribution is 2.25. The molecule has 10 heteroatoms. The van der Waals surface area contributed by atoms with Crippen LogP contribution in [0.3, 0.4) is 0 Å². The maximum atomic E-state index is 12.6. The van der Waals surface area contributed by atoms with E-state index in [2.05, 4.69) is 14.9 Å². The van der Waals surface area contributed by atoms with Crippen molar-refractivity contribution in [2.24, 2.45) is 0 Å². The molecule has 0 aliphatic heterocycles. The van der Waals surface area contributed by atoms with Crippen LogP contribution in [0.2, 0.25) is 0 Å².